The van der Waals surface area contributed by atoms with Crippen LogP contribution < -0.4 is 9.64 Å². The molecule has 0 saturated carbocycles. The van der Waals surface area contributed by atoms with Crippen molar-refractivity contribution in [3.05, 3.63) is 59.7 Å². The van der Waals surface area contributed by atoms with Gasteiger partial charge in [-0.3, -0.25) is 9.69 Å². The van der Waals surface area contributed by atoms with Gasteiger partial charge >= 0.3 is 0 Å². The van der Waals surface area contributed by atoms with Gasteiger partial charge in [0.2, 0.25) is 5.13 Å². The summed E-state index contributed by atoms with van der Waals surface area (Å²) in [5, 5.41) is 9.92. The van der Waals surface area contributed by atoms with Crippen molar-refractivity contribution < 1.29 is 14.3 Å². The number of aromatic nitrogens is 2. The van der Waals surface area contributed by atoms with Crippen molar-refractivity contribution in [2.24, 2.45) is 0 Å². The van der Waals surface area contributed by atoms with E-state index in [2.05, 4.69) is 43.1 Å². The number of amides is 1. The SMILES string of the molecule is COCCN(C(=O)c1ccccc1OC)c1nnc(-c2ccc(C(C)(C)C)cc2)s1. The summed E-state index contributed by atoms with van der Waals surface area (Å²) in [6.07, 6.45) is 0. The fraction of sp³-hybridized carbons (Fsp3) is 0.348. The number of hydrogen-bond donors (Lipinski definition) is 0. The smallest absolute Gasteiger partial charge is 0.263 e. The average molecular weight is 426 g/mol. The number of rotatable bonds is 7. The van der Waals surface area contributed by atoms with E-state index < -0.39 is 0 Å². The van der Waals surface area contributed by atoms with Gasteiger partial charge in [0.15, 0.2) is 0 Å². The second-order valence-corrected chi connectivity index (χ2v) is 8.82. The van der Waals surface area contributed by atoms with Crippen molar-refractivity contribution >= 4 is 22.4 Å². The molecule has 0 fully saturated rings. The lowest BCUT2D eigenvalue weighted by molar-refractivity contribution is 0.0972. The second kappa shape index (κ2) is 9.36. The van der Waals surface area contributed by atoms with Crippen LogP contribution >= 0.6 is 11.3 Å². The fourth-order valence-corrected chi connectivity index (χ4v) is 3.86. The Morgan fingerprint density at radius 3 is 2.37 bits per heavy atom. The summed E-state index contributed by atoms with van der Waals surface area (Å²) in [7, 11) is 3.16. The average Bonchev–Trinajstić information content (AvgIpc) is 3.23. The summed E-state index contributed by atoms with van der Waals surface area (Å²) in [5.41, 5.74) is 2.79. The van der Waals surface area contributed by atoms with Crippen LogP contribution in [0.5, 0.6) is 5.75 Å². The van der Waals surface area contributed by atoms with Crippen molar-refractivity contribution in [1.82, 2.24) is 10.2 Å². The molecule has 1 heterocycles. The van der Waals surface area contributed by atoms with Crippen LogP contribution in [0.25, 0.3) is 10.6 Å². The van der Waals surface area contributed by atoms with Crippen LogP contribution in [-0.2, 0) is 10.2 Å². The predicted octanol–water partition coefficient (Wildman–Crippen LogP) is 4.80. The van der Waals surface area contributed by atoms with Gasteiger partial charge in [0.1, 0.15) is 10.8 Å². The molecule has 6 nitrogen and oxygen atoms in total. The molecule has 0 atom stereocenters. The lowest BCUT2D eigenvalue weighted by atomic mass is 9.87. The Labute approximate surface area is 181 Å². The number of methoxy groups -OCH3 is 2. The zero-order valence-electron chi connectivity index (χ0n) is 18.0. The normalized spacial score (nSPS) is 11.4. The third kappa shape index (κ3) is 4.86. The molecule has 1 aromatic heterocycles. The summed E-state index contributed by atoms with van der Waals surface area (Å²) in [6, 6.07) is 15.5. The number of nitrogens with zero attached hydrogens (tertiary/aromatic N) is 3. The molecule has 0 saturated heterocycles. The van der Waals surface area contributed by atoms with Gasteiger partial charge in [-0.2, -0.15) is 0 Å². The highest BCUT2D eigenvalue weighted by atomic mass is 32.1. The minimum atomic E-state index is -0.199. The number of hydrogen-bond acceptors (Lipinski definition) is 6. The highest BCUT2D eigenvalue weighted by molar-refractivity contribution is 7.18. The molecule has 3 aromatic rings. The molecule has 2 aromatic carbocycles. The Balaban J connectivity index is 1.91. The molecule has 0 aliphatic heterocycles. The van der Waals surface area contributed by atoms with Crippen LogP contribution in [0, 0.1) is 0 Å². The van der Waals surface area contributed by atoms with E-state index in [1.165, 1.54) is 16.9 Å². The molecule has 0 unspecified atom stereocenters. The fourth-order valence-electron chi connectivity index (χ4n) is 2.99. The highest BCUT2D eigenvalue weighted by Crippen LogP contribution is 2.32. The van der Waals surface area contributed by atoms with E-state index in [-0.39, 0.29) is 11.3 Å². The minimum Gasteiger partial charge on any atom is -0.496 e. The molecule has 3 rings (SSSR count). The molecular weight excluding hydrogens is 398 g/mol. The van der Waals surface area contributed by atoms with E-state index in [0.717, 1.165) is 10.6 Å². The molecule has 0 aliphatic carbocycles. The van der Waals surface area contributed by atoms with Gasteiger partial charge in [-0.1, -0.05) is 68.5 Å². The third-order valence-corrected chi connectivity index (χ3v) is 5.74. The summed E-state index contributed by atoms with van der Waals surface area (Å²) >= 11 is 1.38. The maximum Gasteiger partial charge on any atom is 0.263 e. The van der Waals surface area contributed by atoms with Crippen LogP contribution in [0.2, 0.25) is 0 Å². The first-order chi connectivity index (χ1) is 14.3. The van der Waals surface area contributed by atoms with E-state index in [1.54, 1.807) is 31.3 Å². The van der Waals surface area contributed by atoms with Crippen LogP contribution in [0.4, 0.5) is 5.13 Å². The van der Waals surface area contributed by atoms with Crippen LogP contribution in [0.3, 0.4) is 0 Å². The topological polar surface area (TPSA) is 64.5 Å². The van der Waals surface area contributed by atoms with Crippen LogP contribution in [0.1, 0.15) is 36.7 Å². The molecule has 0 N–H and O–H groups in total. The number of benzene rings is 2. The predicted molar refractivity (Wildman–Crippen MR) is 121 cm³/mol. The maximum atomic E-state index is 13.3. The van der Waals surface area contributed by atoms with E-state index in [1.807, 2.05) is 24.3 Å². The standard InChI is InChI=1S/C23H27N3O3S/c1-23(2,3)17-12-10-16(11-13-17)20-24-25-22(30-20)26(14-15-28-4)21(27)18-8-6-7-9-19(18)29-5/h6-13H,14-15H2,1-5H3. The second-order valence-electron chi connectivity index (χ2n) is 7.87. The zero-order chi connectivity index (χ0) is 21.7. The summed E-state index contributed by atoms with van der Waals surface area (Å²) < 4.78 is 10.6. The molecule has 1 amide bonds. The quantitative estimate of drug-likeness (QED) is 0.544. The van der Waals surface area contributed by atoms with Crippen molar-refractivity contribution in [3.8, 4) is 16.3 Å². The molecule has 0 aliphatic rings. The van der Waals surface area contributed by atoms with E-state index in [9.17, 15) is 4.79 Å². The Kier molecular flexibility index (Phi) is 6.84. The summed E-state index contributed by atoms with van der Waals surface area (Å²) in [4.78, 5) is 14.9. The molecule has 30 heavy (non-hydrogen) atoms. The lowest BCUT2D eigenvalue weighted by Crippen LogP contribution is -2.34. The monoisotopic (exact) mass is 425 g/mol. The summed E-state index contributed by atoms with van der Waals surface area (Å²) in [5.74, 6) is 0.322. The third-order valence-electron chi connectivity index (χ3n) is 4.74. The maximum absolute atomic E-state index is 13.3. The Bertz CT molecular complexity index is 993. The van der Waals surface area contributed by atoms with Crippen LogP contribution in [0.15, 0.2) is 48.5 Å². The number of carbonyl (C=O) groups excluding carboxylic acids is 1. The Morgan fingerprint density at radius 2 is 1.73 bits per heavy atom. The molecule has 158 valence electrons. The van der Waals surface area contributed by atoms with Gasteiger partial charge in [0.25, 0.3) is 5.91 Å². The lowest BCUT2D eigenvalue weighted by Gasteiger charge is -2.20. The van der Waals surface area contributed by atoms with Gasteiger partial charge in [0, 0.05) is 12.7 Å². The van der Waals surface area contributed by atoms with Crippen molar-refractivity contribution in [1.29, 1.82) is 0 Å². The van der Waals surface area contributed by atoms with Gasteiger partial charge in [-0.25, -0.2) is 0 Å². The van der Waals surface area contributed by atoms with Gasteiger partial charge in [-0.05, 0) is 23.1 Å². The number of ether oxygens (including phenoxy) is 2. The van der Waals surface area contributed by atoms with Gasteiger partial charge < -0.3 is 9.47 Å². The van der Waals surface area contributed by atoms with Gasteiger partial charge in [-0.15, -0.1) is 10.2 Å². The first-order valence-electron chi connectivity index (χ1n) is 9.73. The molecule has 0 radical (unpaired) electrons. The molecule has 0 bridgehead atoms. The van der Waals surface area contributed by atoms with Crippen molar-refractivity contribution in [3.63, 3.8) is 0 Å². The molecule has 7 heteroatoms. The summed E-state index contributed by atoms with van der Waals surface area (Å²) in [6.45, 7) is 7.30. The Morgan fingerprint density at radius 1 is 1.03 bits per heavy atom. The molecule has 0 spiro atoms. The Hall–Kier alpha value is -2.77. The zero-order valence-corrected chi connectivity index (χ0v) is 18.8. The first-order valence-corrected chi connectivity index (χ1v) is 10.5. The van der Waals surface area contributed by atoms with Crippen molar-refractivity contribution in [2.75, 3.05) is 32.3 Å². The van der Waals surface area contributed by atoms with E-state index in [4.69, 9.17) is 9.47 Å². The van der Waals surface area contributed by atoms with E-state index >= 15 is 0 Å². The van der Waals surface area contributed by atoms with Gasteiger partial charge in [0.05, 0.1) is 25.8 Å². The minimum absolute atomic E-state index is 0.0862. The number of anilines is 1. The first kappa shape index (κ1) is 21.9. The largest absolute Gasteiger partial charge is 0.496 e. The number of carbonyl (C=O) groups is 1. The number of para-hydroxylation sites is 1. The highest BCUT2D eigenvalue weighted by Gasteiger charge is 2.24. The van der Waals surface area contributed by atoms with Crippen molar-refractivity contribution in [2.45, 2.75) is 26.2 Å². The van der Waals surface area contributed by atoms with Crippen LogP contribution in [-0.4, -0.2) is 43.5 Å². The van der Waals surface area contributed by atoms with E-state index in [0.29, 0.717) is 29.6 Å². The molecular formula is C23H27N3O3S.